The molecule has 0 fully saturated rings. The summed E-state index contributed by atoms with van der Waals surface area (Å²) in [6.45, 7) is 0. The van der Waals surface area contributed by atoms with E-state index in [2.05, 4.69) is 10.6 Å². The van der Waals surface area contributed by atoms with Gasteiger partial charge in [0.1, 0.15) is 5.25 Å². The molecule has 0 saturated heterocycles. The van der Waals surface area contributed by atoms with Crippen LogP contribution in [0.3, 0.4) is 0 Å². The lowest BCUT2D eigenvalue weighted by molar-refractivity contribution is -0.131. The molecule has 4 aromatic rings. The lowest BCUT2D eigenvalue weighted by atomic mass is 10.1. The van der Waals surface area contributed by atoms with Gasteiger partial charge >= 0.3 is 5.97 Å². The number of carbonyl (C=O) groups excluding carboxylic acids is 2. The Hall–Kier alpha value is -4.36. The molecule has 0 aromatic heterocycles. The van der Waals surface area contributed by atoms with E-state index in [0.717, 1.165) is 39.1 Å². The number of fused-ring (bicyclic) bond motifs is 1. The number of carbonyl (C=O) groups is 3. The first kappa shape index (κ1) is 23.8. The van der Waals surface area contributed by atoms with E-state index in [4.69, 9.17) is 5.11 Å². The molecule has 0 bridgehead atoms. The molecule has 0 aliphatic carbocycles. The van der Waals surface area contributed by atoms with Gasteiger partial charge in [0.15, 0.2) is 0 Å². The zero-order chi connectivity index (χ0) is 24.6. The van der Waals surface area contributed by atoms with Crippen molar-refractivity contribution < 1.29 is 19.5 Å². The van der Waals surface area contributed by atoms with Crippen molar-refractivity contribution in [1.82, 2.24) is 0 Å². The monoisotopic (exact) mass is 482 g/mol. The van der Waals surface area contributed by atoms with E-state index in [1.807, 2.05) is 78.9 Å². The lowest BCUT2D eigenvalue weighted by Crippen LogP contribution is -2.19. The number of anilines is 2. The van der Waals surface area contributed by atoms with Crippen LogP contribution in [-0.2, 0) is 14.4 Å². The SMILES string of the molecule is O=C(O)/C=C/C(=O)Nc1cccc(SC(C(=O)Nc2cccc3ccccc23)c2ccccc2)c1. The van der Waals surface area contributed by atoms with Crippen molar-refractivity contribution in [1.29, 1.82) is 0 Å². The molecule has 4 rings (SSSR count). The Bertz CT molecular complexity index is 1400. The predicted molar refractivity (Wildman–Crippen MR) is 139 cm³/mol. The van der Waals surface area contributed by atoms with Crippen LogP contribution in [0.2, 0.25) is 0 Å². The summed E-state index contributed by atoms with van der Waals surface area (Å²) in [6, 6.07) is 30.2. The van der Waals surface area contributed by atoms with Gasteiger partial charge in [0, 0.05) is 33.8 Å². The number of amides is 2. The Labute approximate surface area is 206 Å². The minimum Gasteiger partial charge on any atom is -0.478 e. The number of benzene rings is 4. The molecule has 0 radical (unpaired) electrons. The maximum atomic E-state index is 13.5. The fourth-order valence-electron chi connectivity index (χ4n) is 3.55. The fourth-order valence-corrected chi connectivity index (χ4v) is 4.63. The summed E-state index contributed by atoms with van der Waals surface area (Å²) >= 11 is 1.36. The lowest BCUT2D eigenvalue weighted by Gasteiger charge is -2.18. The molecule has 4 aromatic carbocycles. The van der Waals surface area contributed by atoms with Crippen LogP contribution in [0.1, 0.15) is 10.8 Å². The number of rotatable bonds is 8. The van der Waals surface area contributed by atoms with Gasteiger partial charge in [-0.15, -0.1) is 11.8 Å². The first-order valence-electron chi connectivity index (χ1n) is 10.8. The Morgan fingerprint density at radius 3 is 2.29 bits per heavy atom. The largest absolute Gasteiger partial charge is 0.478 e. The van der Waals surface area contributed by atoms with Gasteiger partial charge in [0.2, 0.25) is 11.8 Å². The summed E-state index contributed by atoms with van der Waals surface area (Å²) in [6.07, 6.45) is 1.73. The molecule has 3 N–H and O–H groups in total. The van der Waals surface area contributed by atoms with Crippen molar-refractivity contribution in [3.63, 3.8) is 0 Å². The molecule has 35 heavy (non-hydrogen) atoms. The molecule has 0 spiro atoms. The highest BCUT2D eigenvalue weighted by Gasteiger charge is 2.23. The molecule has 0 saturated carbocycles. The fraction of sp³-hybridized carbons (Fsp3) is 0.0357. The molecule has 1 unspecified atom stereocenters. The van der Waals surface area contributed by atoms with E-state index in [0.29, 0.717) is 5.69 Å². The molecule has 6 nitrogen and oxygen atoms in total. The number of thioether (sulfide) groups is 1. The topological polar surface area (TPSA) is 95.5 Å². The number of hydrogen-bond donors (Lipinski definition) is 3. The molecule has 0 heterocycles. The average molecular weight is 483 g/mol. The van der Waals surface area contributed by atoms with Crippen LogP contribution < -0.4 is 10.6 Å². The van der Waals surface area contributed by atoms with E-state index >= 15 is 0 Å². The summed E-state index contributed by atoms with van der Waals surface area (Å²) in [5.41, 5.74) is 2.08. The normalized spacial score (nSPS) is 11.8. The van der Waals surface area contributed by atoms with Crippen LogP contribution in [0.5, 0.6) is 0 Å². The molecule has 1 atom stereocenters. The zero-order valence-corrected chi connectivity index (χ0v) is 19.4. The highest BCUT2D eigenvalue weighted by molar-refractivity contribution is 8.00. The third kappa shape index (κ3) is 6.37. The number of aliphatic carboxylic acids is 1. The summed E-state index contributed by atoms with van der Waals surface area (Å²) in [5, 5.41) is 15.9. The molecule has 2 amide bonds. The van der Waals surface area contributed by atoms with Gasteiger partial charge in [-0.05, 0) is 35.2 Å². The van der Waals surface area contributed by atoms with E-state index in [-0.39, 0.29) is 5.91 Å². The number of carboxylic acids is 1. The van der Waals surface area contributed by atoms with Crippen molar-refractivity contribution in [2.45, 2.75) is 10.1 Å². The number of hydrogen-bond acceptors (Lipinski definition) is 4. The number of nitrogens with one attached hydrogen (secondary N) is 2. The van der Waals surface area contributed by atoms with Crippen molar-refractivity contribution in [3.05, 3.63) is 115 Å². The Balaban J connectivity index is 1.58. The molecule has 0 aliphatic rings. The van der Waals surface area contributed by atoms with Gasteiger partial charge < -0.3 is 15.7 Å². The predicted octanol–water partition coefficient (Wildman–Crippen LogP) is 5.89. The first-order valence-corrected chi connectivity index (χ1v) is 11.7. The van der Waals surface area contributed by atoms with Crippen LogP contribution in [0.15, 0.2) is 114 Å². The van der Waals surface area contributed by atoms with E-state index in [1.165, 1.54) is 11.8 Å². The highest BCUT2D eigenvalue weighted by atomic mass is 32.2. The van der Waals surface area contributed by atoms with Gasteiger partial charge in [-0.2, -0.15) is 0 Å². The Morgan fingerprint density at radius 1 is 0.771 bits per heavy atom. The van der Waals surface area contributed by atoms with E-state index in [1.54, 1.807) is 18.2 Å². The Kier molecular flexibility index (Phi) is 7.60. The van der Waals surface area contributed by atoms with Crippen molar-refractivity contribution >= 4 is 51.7 Å². The minimum atomic E-state index is -1.20. The summed E-state index contributed by atoms with van der Waals surface area (Å²) < 4.78 is 0. The zero-order valence-electron chi connectivity index (χ0n) is 18.5. The van der Waals surface area contributed by atoms with Gasteiger partial charge in [0.25, 0.3) is 0 Å². The van der Waals surface area contributed by atoms with Gasteiger partial charge in [-0.3, -0.25) is 9.59 Å². The third-order valence-corrected chi connectivity index (χ3v) is 6.37. The van der Waals surface area contributed by atoms with E-state index < -0.39 is 17.1 Å². The van der Waals surface area contributed by atoms with Crippen LogP contribution in [-0.4, -0.2) is 22.9 Å². The molecule has 7 heteroatoms. The Morgan fingerprint density at radius 2 is 1.49 bits per heavy atom. The standard InChI is InChI=1S/C28H22N2O4S/c31-25(16-17-26(32)33)29-21-12-7-13-22(18-21)35-27(20-9-2-1-3-10-20)28(34)30-24-15-6-11-19-8-4-5-14-23(19)24/h1-18,27H,(H,29,31)(H,30,34)(H,32,33)/b17-16+. The second-order valence-electron chi connectivity index (χ2n) is 7.61. The summed E-state index contributed by atoms with van der Waals surface area (Å²) in [7, 11) is 0. The maximum Gasteiger partial charge on any atom is 0.328 e. The molecule has 0 aliphatic heterocycles. The van der Waals surface area contributed by atoms with Crippen molar-refractivity contribution in [2.24, 2.45) is 0 Å². The van der Waals surface area contributed by atoms with Crippen molar-refractivity contribution in [2.75, 3.05) is 10.6 Å². The van der Waals surface area contributed by atoms with E-state index in [9.17, 15) is 14.4 Å². The second-order valence-corrected chi connectivity index (χ2v) is 8.79. The number of carboxylic acid groups (broad SMARTS) is 1. The summed E-state index contributed by atoms with van der Waals surface area (Å²) in [5.74, 6) is -1.92. The molecular formula is C28H22N2O4S. The van der Waals surface area contributed by atoms with Gasteiger partial charge in [0.05, 0.1) is 0 Å². The molecular weight excluding hydrogens is 460 g/mol. The van der Waals surface area contributed by atoms with Gasteiger partial charge in [-0.1, -0.05) is 72.8 Å². The smallest absolute Gasteiger partial charge is 0.328 e. The minimum absolute atomic E-state index is 0.170. The third-order valence-electron chi connectivity index (χ3n) is 5.12. The maximum absolute atomic E-state index is 13.5. The average Bonchev–Trinajstić information content (AvgIpc) is 2.87. The summed E-state index contributed by atoms with van der Waals surface area (Å²) in [4.78, 5) is 36.9. The van der Waals surface area contributed by atoms with Crippen LogP contribution in [0.4, 0.5) is 11.4 Å². The first-order chi connectivity index (χ1) is 17.0. The van der Waals surface area contributed by atoms with Crippen LogP contribution in [0, 0.1) is 0 Å². The van der Waals surface area contributed by atoms with Crippen molar-refractivity contribution in [3.8, 4) is 0 Å². The van der Waals surface area contributed by atoms with Crippen LogP contribution in [0.25, 0.3) is 10.8 Å². The van der Waals surface area contributed by atoms with Gasteiger partial charge in [-0.25, -0.2) is 4.79 Å². The molecule has 174 valence electrons. The highest BCUT2D eigenvalue weighted by Crippen LogP contribution is 2.37. The second kappa shape index (κ2) is 11.2. The van der Waals surface area contributed by atoms with Crippen LogP contribution >= 0.6 is 11.8 Å². The quantitative estimate of drug-likeness (QED) is 0.215.